The van der Waals surface area contributed by atoms with E-state index in [0.717, 1.165) is 14.5 Å². The summed E-state index contributed by atoms with van der Waals surface area (Å²) < 4.78 is 31.1. The topological polar surface area (TPSA) is 21.3 Å². The third kappa shape index (κ3) is 5.05. The van der Waals surface area contributed by atoms with E-state index in [9.17, 15) is 8.78 Å². The fourth-order valence-corrected chi connectivity index (χ4v) is 2.52. The van der Waals surface area contributed by atoms with Crippen LogP contribution in [-0.4, -0.2) is 6.61 Å². The van der Waals surface area contributed by atoms with E-state index in [4.69, 9.17) is 0 Å². The Balaban J connectivity index is 1.95. The molecule has 2 nitrogen and oxygen atoms in total. The van der Waals surface area contributed by atoms with Gasteiger partial charge in [-0.3, -0.25) is 0 Å². The number of benzene rings is 2. The van der Waals surface area contributed by atoms with E-state index in [0.29, 0.717) is 18.7 Å². The molecular weight excluding hydrogens is 408 g/mol. The van der Waals surface area contributed by atoms with E-state index in [-0.39, 0.29) is 5.75 Å². The lowest BCUT2D eigenvalue weighted by Crippen LogP contribution is -2.14. The molecule has 0 bridgehead atoms. The Hall–Kier alpha value is -0.980. The number of ether oxygens (including phenoxy) is 1. The third-order valence-electron chi connectivity index (χ3n) is 2.82. The summed E-state index contributed by atoms with van der Waals surface area (Å²) in [6, 6.07) is 12.7. The Kier molecular flexibility index (Phi) is 6.14. The van der Waals surface area contributed by atoms with Gasteiger partial charge in [0, 0.05) is 27.6 Å². The van der Waals surface area contributed by atoms with Crippen molar-refractivity contribution in [3.05, 3.63) is 62.5 Å². The zero-order chi connectivity index (χ0) is 15.2. The monoisotopic (exact) mass is 419 g/mol. The molecule has 0 saturated carbocycles. The lowest BCUT2D eigenvalue weighted by Gasteiger charge is -2.11. The molecule has 0 aliphatic heterocycles. The normalized spacial score (nSPS) is 10.9. The molecular formula is C15H13Br2F2NO. The van der Waals surface area contributed by atoms with Gasteiger partial charge in [-0.2, -0.15) is 8.78 Å². The van der Waals surface area contributed by atoms with Crippen LogP contribution in [0.1, 0.15) is 11.1 Å². The molecule has 2 aromatic rings. The maximum Gasteiger partial charge on any atom is 0.387 e. The van der Waals surface area contributed by atoms with E-state index < -0.39 is 6.61 Å². The van der Waals surface area contributed by atoms with Crippen molar-refractivity contribution >= 4 is 31.9 Å². The van der Waals surface area contributed by atoms with E-state index in [2.05, 4.69) is 41.9 Å². The minimum absolute atomic E-state index is 0.206. The first-order valence-corrected chi connectivity index (χ1v) is 7.82. The first-order chi connectivity index (χ1) is 10.1. The van der Waals surface area contributed by atoms with Crippen LogP contribution in [0.3, 0.4) is 0 Å². The van der Waals surface area contributed by atoms with Gasteiger partial charge in [-0.25, -0.2) is 0 Å². The standard InChI is InChI=1S/C15H13Br2F2NO/c16-12-6-5-10(7-13(12)17)8-20-9-11-3-1-2-4-14(11)21-15(18)19/h1-7,15,20H,8-9H2. The van der Waals surface area contributed by atoms with Crippen molar-refractivity contribution in [2.24, 2.45) is 0 Å². The Morgan fingerprint density at radius 2 is 1.76 bits per heavy atom. The molecule has 1 N–H and O–H groups in total. The number of alkyl halides is 2. The summed E-state index contributed by atoms with van der Waals surface area (Å²) in [4.78, 5) is 0. The van der Waals surface area contributed by atoms with Crippen LogP contribution in [0, 0.1) is 0 Å². The second kappa shape index (κ2) is 7.87. The Labute approximate surface area is 138 Å². The number of halogens is 4. The van der Waals surface area contributed by atoms with Crippen LogP contribution in [0.15, 0.2) is 51.4 Å². The van der Waals surface area contributed by atoms with Gasteiger partial charge in [-0.1, -0.05) is 24.3 Å². The van der Waals surface area contributed by atoms with E-state index in [1.165, 1.54) is 0 Å². The second-order valence-electron chi connectivity index (χ2n) is 4.34. The molecule has 0 spiro atoms. The highest BCUT2D eigenvalue weighted by molar-refractivity contribution is 9.13. The first-order valence-electron chi connectivity index (χ1n) is 6.23. The molecule has 0 atom stereocenters. The Morgan fingerprint density at radius 1 is 1.00 bits per heavy atom. The Morgan fingerprint density at radius 3 is 2.48 bits per heavy atom. The minimum Gasteiger partial charge on any atom is -0.434 e. The summed E-state index contributed by atoms with van der Waals surface area (Å²) >= 11 is 6.86. The van der Waals surface area contributed by atoms with Crippen molar-refractivity contribution < 1.29 is 13.5 Å². The number of rotatable bonds is 6. The average Bonchev–Trinajstić information content (AvgIpc) is 2.44. The maximum absolute atomic E-state index is 12.3. The fourth-order valence-electron chi connectivity index (χ4n) is 1.85. The predicted octanol–water partition coefficient (Wildman–Crippen LogP) is 5.10. The molecule has 2 rings (SSSR count). The molecule has 2 aromatic carbocycles. The third-order valence-corrected chi connectivity index (χ3v) is 4.70. The molecule has 6 heteroatoms. The highest BCUT2D eigenvalue weighted by Crippen LogP contribution is 2.24. The van der Waals surface area contributed by atoms with Crippen LogP contribution in [-0.2, 0) is 13.1 Å². The van der Waals surface area contributed by atoms with Crippen molar-refractivity contribution in [2.75, 3.05) is 0 Å². The zero-order valence-electron chi connectivity index (χ0n) is 11.0. The van der Waals surface area contributed by atoms with Gasteiger partial charge in [-0.15, -0.1) is 0 Å². The molecule has 0 aromatic heterocycles. The van der Waals surface area contributed by atoms with Gasteiger partial charge >= 0.3 is 6.61 Å². The molecule has 0 heterocycles. The van der Waals surface area contributed by atoms with Crippen molar-refractivity contribution in [3.8, 4) is 5.75 Å². The summed E-state index contributed by atoms with van der Waals surface area (Å²) in [5.74, 6) is 0.206. The van der Waals surface area contributed by atoms with Crippen LogP contribution < -0.4 is 10.1 Å². The molecule has 0 unspecified atom stereocenters. The SMILES string of the molecule is FC(F)Oc1ccccc1CNCc1ccc(Br)c(Br)c1. The summed E-state index contributed by atoms with van der Waals surface area (Å²) in [6.45, 7) is -1.72. The van der Waals surface area contributed by atoms with E-state index in [1.807, 2.05) is 18.2 Å². The minimum atomic E-state index is -2.81. The highest BCUT2D eigenvalue weighted by Gasteiger charge is 2.08. The van der Waals surface area contributed by atoms with Crippen LogP contribution in [0.5, 0.6) is 5.75 Å². The molecule has 0 saturated heterocycles. The quantitative estimate of drug-likeness (QED) is 0.701. The van der Waals surface area contributed by atoms with Gasteiger partial charge in [0.05, 0.1) is 0 Å². The molecule has 0 radical (unpaired) electrons. The largest absolute Gasteiger partial charge is 0.434 e. The number of hydrogen-bond donors (Lipinski definition) is 1. The van der Waals surface area contributed by atoms with Crippen LogP contribution in [0.2, 0.25) is 0 Å². The van der Waals surface area contributed by atoms with Gasteiger partial charge in [-0.05, 0) is 55.6 Å². The molecule has 21 heavy (non-hydrogen) atoms. The van der Waals surface area contributed by atoms with Crippen LogP contribution in [0.4, 0.5) is 8.78 Å². The number of nitrogens with one attached hydrogen (secondary N) is 1. The van der Waals surface area contributed by atoms with Crippen LogP contribution >= 0.6 is 31.9 Å². The highest BCUT2D eigenvalue weighted by atomic mass is 79.9. The van der Waals surface area contributed by atoms with Gasteiger partial charge in [0.2, 0.25) is 0 Å². The average molecular weight is 421 g/mol. The van der Waals surface area contributed by atoms with E-state index in [1.54, 1.807) is 24.3 Å². The number of hydrogen-bond acceptors (Lipinski definition) is 2. The van der Waals surface area contributed by atoms with Crippen molar-refractivity contribution in [3.63, 3.8) is 0 Å². The lowest BCUT2D eigenvalue weighted by atomic mass is 10.2. The summed E-state index contributed by atoms with van der Waals surface area (Å²) in [5, 5.41) is 3.22. The smallest absolute Gasteiger partial charge is 0.387 e. The van der Waals surface area contributed by atoms with Crippen LogP contribution in [0.25, 0.3) is 0 Å². The van der Waals surface area contributed by atoms with Gasteiger partial charge in [0.25, 0.3) is 0 Å². The van der Waals surface area contributed by atoms with Gasteiger partial charge in [0.15, 0.2) is 0 Å². The molecule has 112 valence electrons. The van der Waals surface area contributed by atoms with Crippen molar-refractivity contribution in [1.82, 2.24) is 5.32 Å². The summed E-state index contributed by atoms with van der Waals surface area (Å²) in [5.41, 5.74) is 1.80. The van der Waals surface area contributed by atoms with Crippen molar-refractivity contribution in [2.45, 2.75) is 19.7 Å². The Bertz CT molecular complexity index is 608. The molecule has 0 fully saturated rings. The van der Waals surface area contributed by atoms with Crippen molar-refractivity contribution in [1.29, 1.82) is 0 Å². The van der Waals surface area contributed by atoms with E-state index >= 15 is 0 Å². The van der Waals surface area contributed by atoms with Gasteiger partial charge < -0.3 is 10.1 Å². The predicted molar refractivity (Wildman–Crippen MR) is 85.5 cm³/mol. The number of para-hydroxylation sites is 1. The molecule has 0 aliphatic rings. The van der Waals surface area contributed by atoms with Gasteiger partial charge in [0.1, 0.15) is 5.75 Å². The second-order valence-corrected chi connectivity index (χ2v) is 6.05. The zero-order valence-corrected chi connectivity index (χ0v) is 14.1. The first kappa shape index (κ1) is 16.4. The summed E-state index contributed by atoms with van der Waals surface area (Å²) in [6.07, 6.45) is 0. The molecule has 0 amide bonds. The maximum atomic E-state index is 12.3. The lowest BCUT2D eigenvalue weighted by molar-refractivity contribution is -0.0505. The molecule has 0 aliphatic carbocycles. The fraction of sp³-hybridized carbons (Fsp3) is 0.200. The summed E-state index contributed by atoms with van der Waals surface area (Å²) in [7, 11) is 0.